The fraction of sp³-hybridized carbons (Fsp3) is 0.720. The minimum Gasteiger partial charge on any atom is -0.488 e. The van der Waals surface area contributed by atoms with Gasteiger partial charge in [0.15, 0.2) is 0 Å². The molecule has 3 aliphatic heterocycles. The number of fused-ring (bicyclic) bond motifs is 3. The maximum atomic E-state index is 16.3. The van der Waals surface area contributed by atoms with E-state index in [9.17, 15) is 29.4 Å². The van der Waals surface area contributed by atoms with Gasteiger partial charge >= 0.3 is 5.97 Å². The second kappa shape index (κ2) is 23.7. The van der Waals surface area contributed by atoms with Gasteiger partial charge in [-0.15, -0.1) is 11.8 Å². The summed E-state index contributed by atoms with van der Waals surface area (Å²) >= 11 is 1.65. The summed E-state index contributed by atoms with van der Waals surface area (Å²) in [5, 5.41) is 23.9. The van der Waals surface area contributed by atoms with Crippen LogP contribution in [0.1, 0.15) is 106 Å². The van der Waals surface area contributed by atoms with Crippen molar-refractivity contribution in [2.45, 2.75) is 171 Å². The maximum Gasteiger partial charge on any atom is 0.329 e. The van der Waals surface area contributed by atoms with Crippen LogP contribution >= 0.6 is 11.8 Å². The Balaban J connectivity index is 1.49. The van der Waals surface area contributed by atoms with E-state index in [0.29, 0.717) is 43.3 Å². The van der Waals surface area contributed by atoms with Crippen LogP contribution in [0.4, 0.5) is 4.39 Å². The third-order valence-electron chi connectivity index (χ3n) is 14.4. The number of Topliss-reactive ketones (excluding diaryl/α,β-unsaturated/α-hetero) is 2. The van der Waals surface area contributed by atoms with Crippen molar-refractivity contribution in [3.05, 3.63) is 47.6 Å². The average molecular weight is 932 g/mol. The highest BCUT2D eigenvalue weighted by atomic mass is 32.2. The first-order valence-corrected chi connectivity index (χ1v) is 24.7. The van der Waals surface area contributed by atoms with E-state index in [1.807, 2.05) is 50.4 Å². The number of allylic oxidation sites excluding steroid dienone is 3. The number of nitrogens with zero attached hydrogens (tertiary/aromatic N) is 1. The summed E-state index contributed by atoms with van der Waals surface area (Å²) in [7, 11) is 4.55. The van der Waals surface area contributed by atoms with Crippen molar-refractivity contribution in [3.63, 3.8) is 0 Å². The minimum atomic E-state index is -2.61. The number of thioether (sulfide) groups is 1. The largest absolute Gasteiger partial charge is 0.488 e. The number of hydrogen-bond acceptors (Lipinski definition) is 13. The van der Waals surface area contributed by atoms with E-state index >= 15 is 4.39 Å². The van der Waals surface area contributed by atoms with Crippen LogP contribution in [0.15, 0.2) is 52.5 Å². The number of ketones is 2. The summed E-state index contributed by atoms with van der Waals surface area (Å²) in [6.07, 6.45) is 2.47. The van der Waals surface area contributed by atoms with Crippen LogP contribution in [0.25, 0.3) is 0 Å². The summed E-state index contributed by atoms with van der Waals surface area (Å²) in [5.41, 5.74) is 0.986. The summed E-state index contributed by atoms with van der Waals surface area (Å²) in [4.78, 5) is 59.4. The number of piperidine rings is 1. The highest BCUT2D eigenvalue weighted by molar-refractivity contribution is 7.98. The fourth-order valence-corrected chi connectivity index (χ4v) is 10.6. The van der Waals surface area contributed by atoms with Crippen molar-refractivity contribution in [2.24, 2.45) is 29.6 Å². The van der Waals surface area contributed by atoms with Crippen molar-refractivity contribution >= 4 is 35.2 Å². The van der Waals surface area contributed by atoms with Crippen LogP contribution in [0.3, 0.4) is 0 Å². The van der Waals surface area contributed by atoms with E-state index in [4.69, 9.17) is 28.4 Å². The number of hydrogen-bond donors (Lipinski definition) is 2. The lowest BCUT2D eigenvalue weighted by molar-refractivity contribution is -0.302. The molecule has 5 rings (SSSR count). The standard InChI is InChI=1S/C50H74FNO12S/c1-11-34-23-28(2)44(51)29(3)24-42(60-8)46-43(61-9)25-31(5)50(58,64-46)47(55)48(56)52-21-13-12-14-37(52)49(57)63-45(32(6)38(53)27-39(34)54)30(4)22-33-15-20-40(41(26-33)59-7)62-35-16-18-36(65-10)19-17-35/h16-19,22-23,29,31-34,37-38,40-46,53,58H,11-15,20-21,24-27H2,1-10H3/b28-23+,30-22?. The SMILES string of the molecule is CCC1/C=C(\C)C(F)C(C)CC(OC)C2OC(O)(C(=O)C(=O)N3CCCCC3C(=O)OC(C(C)=CC3CCC(Oc4ccc(SC)cc4)C(OC)C3)C(C)C(O)CC1=O)C(C)CC2OC. The molecular weight excluding hydrogens is 858 g/mol. The molecule has 1 saturated carbocycles. The Morgan fingerprint density at radius 2 is 1.60 bits per heavy atom. The first-order chi connectivity index (χ1) is 30.9. The Morgan fingerprint density at radius 3 is 2.23 bits per heavy atom. The number of benzene rings is 1. The van der Waals surface area contributed by atoms with Gasteiger partial charge in [-0.05, 0) is 125 Å². The fourth-order valence-electron chi connectivity index (χ4n) is 10.2. The zero-order valence-corrected chi connectivity index (χ0v) is 40.9. The number of aliphatic hydroxyl groups excluding tert-OH is 1. The van der Waals surface area contributed by atoms with Crippen LogP contribution in [-0.2, 0) is 42.9 Å². The van der Waals surface area contributed by atoms with E-state index < -0.39 is 89.9 Å². The van der Waals surface area contributed by atoms with Crippen LogP contribution in [0.5, 0.6) is 5.75 Å². The number of aliphatic hydroxyl groups is 2. The Hall–Kier alpha value is -3.18. The Labute approximate surface area is 389 Å². The molecular formula is C50H74FNO12S. The molecule has 1 amide bonds. The van der Waals surface area contributed by atoms with Crippen molar-refractivity contribution < 1.29 is 62.2 Å². The number of alkyl halides is 1. The van der Waals surface area contributed by atoms with Gasteiger partial charge in [-0.1, -0.05) is 39.8 Å². The number of carbonyl (C=O) groups excluding carboxylic acids is 4. The van der Waals surface area contributed by atoms with Crippen LogP contribution in [-0.4, -0.2) is 133 Å². The predicted molar refractivity (Wildman–Crippen MR) is 245 cm³/mol. The number of cyclic esters (lactones) is 1. The van der Waals surface area contributed by atoms with Gasteiger partial charge in [-0.3, -0.25) is 14.4 Å². The maximum absolute atomic E-state index is 16.3. The highest BCUT2D eigenvalue weighted by Crippen LogP contribution is 2.40. The van der Waals surface area contributed by atoms with Gasteiger partial charge in [0.25, 0.3) is 11.7 Å². The van der Waals surface area contributed by atoms with E-state index in [-0.39, 0.29) is 56.1 Å². The smallest absolute Gasteiger partial charge is 0.329 e. The monoisotopic (exact) mass is 931 g/mol. The lowest BCUT2D eigenvalue weighted by Crippen LogP contribution is -2.64. The second-order valence-electron chi connectivity index (χ2n) is 18.9. The molecule has 0 spiro atoms. The molecule has 4 aliphatic rings. The number of amides is 1. The van der Waals surface area contributed by atoms with E-state index in [1.54, 1.807) is 52.6 Å². The highest BCUT2D eigenvalue weighted by Gasteiger charge is 2.57. The van der Waals surface area contributed by atoms with Gasteiger partial charge in [0.2, 0.25) is 5.79 Å². The van der Waals surface area contributed by atoms with Crippen LogP contribution in [0, 0.1) is 29.6 Å². The predicted octanol–water partition coefficient (Wildman–Crippen LogP) is 7.23. The lowest BCUT2D eigenvalue weighted by Gasteiger charge is -2.47. The Morgan fingerprint density at radius 1 is 0.938 bits per heavy atom. The molecule has 1 aliphatic carbocycles. The zero-order chi connectivity index (χ0) is 47.7. The molecule has 0 aromatic heterocycles. The molecule has 65 heavy (non-hydrogen) atoms. The van der Waals surface area contributed by atoms with Gasteiger partial charge in [-0.25, -0.2) is 9.18 Å². The summed E-state index contributed by atoms with van der Waals surface area (Å²) in [6, 6.07) is 6.76. The molecule has 15 atom stereocenters. The van der Waals surface area contributed by atoms with E-state index in [0.717, 1.165) is 22.0 Å². The molecule has 2 saturated heterocycles. The average Bonchev–Trinajstić information content (AvgIpc) is 3.31. The van der Waals surface area contributed by atoms with Gasteiger partial charge in [0.1, 0.15) is 42.1 Å². The van der Waals surface area contributed by atoms with E-state index in [2.05, 4.69) is 0 Å². The molecule has 3 heterocycles. The van der Waals surface area contributed by atoms with Gasteiger partial charge in [0, 0.05) is 56.9 Å². The normalized spacial score (nSPS) is 38.5. The quantitative estimate of drug-likeness (QED) is 0.110. The van der Waals surface area contributed by atoms with E-state index in [1.165, 1.54) is 14.2 Å². The molecule has 2 bridgehead atoms. The van der Waals surface area contributed by atoms with Gasteiger partial charge in [-0.2, -0.15) is 0 Å². The first-order valence-electron chi connectivity index (χ1n) is 23.5. The third kappa shape index (κ3) is 12.5. The third-order valence-corrected chi connectivity index (χ3v) is 15.2. The van der Waals surface area contributed by atoms with Crippen molar-refractivity contribution in [1.82, 2.24) is 4.90 Å². The van der Waals surface area contributed by atoms with Crippen molar-refractivity contribution in [1.29, 1.82) is 0 Å². The zero-order valence-electron chi connectivity index (χ0n) is 40.0. The number of halogens is 1. The molecule has 0 radical (unpaired) electrons. The number of carbonyl (C=O) groups is 4. The van der Waals surface area contributed by atoms with Gasteiger partial charge in [0.05, 0.1) is 24.4 Å². The summed E-state index contributed by atoms with van der Waals surface area (Å²) in [5.74, 6) is -8.29. The molecule has 15 heteroatoms. The second-order valence-corrected chi connectivity index (χ2v) is 19.8. The Bertz CT molecular complexity index is 1840. The molecule has 13 nitrogen and oxygen atoms in total. The lowest BCUT2D eigenvalue weighted by atomic mass is 9.81. The summed E-state index contributed by atoms with van der Waals surface area (Å²) < 4.78 is 52.8. The number of ether oxygens (including phenoxy) is 6. The van der Waals surface area contributed by atoms with Crippen LogP contribution < -0.4 is 4.74 Å². The number of esters is 1. The molecule has 3 fully saturated rings. The van der Waals surface area contributed by atoms with Crippen LogP contribution in [0.2, 0.25) is 0 Å². The minimum absolute atomic E-state index is 0.00930. The van der Waals surface area contributed by atoms with Crippen molar-refractivity contribution in [3.8, 4) is 5.75 Å². The van der Waals surface area contributed by atoms with Crippen molar-refractivity contribution in [2.75, 3.05) is 34.1 Å². The molecule has 1 aromatic rings. The first kappa shape index (κ1) is 52.8. The number of methoxy groups -OCH3 is 3. The van der Waals surface area contributed by atoms with Gasteiger partial charge < -0.3 is 43.5 Å². The summed E-state index contributed by atoms with van der Waals surface area (Å²) in [6.45, 7) is 10.3. The molecule has 364 valence electrons. The molecule has 15 unspecified atom stereocenters. The topological polar surface area (TPSA) is 167 Å². The molecule has 1 aromatic carbocycles. The number of rotatable bonds is 9. The Kier molecular flexibility index (Phi) is 19.2. The molecule has 2 N–H and O–H groups in total.